The molecule has 1 aliphatic rings. The normalized spacial score (nSPS) is 20.5. The number of halogens is 1. The van der Waals surface area contributed by atoms with Gasteiger partial charge in [0, 0.05) is 17.1 Å². The van der Waals surface area contributed by atoms with Crippen LogP contribution >= 0.6 is 23.4 Å². The molecule has 1 aliphatic carbocycles. The van der Waals surface area contributed by atoms with E-state index in [0.717, 1.165) is 31.0 Å². The van der Waals surface area contributed by atoms with Gasteiger partial charge in [0.05, 0.1) is 21.5 Å². The predicted molar refractivity (Wildman–Crippen MR) is 95.0 cm³/mol. The molecule has 0 aliphatic heterocycles. The van der Waals surface area contributed by atoms with Gasteiger partial charge in [-0.2, -0.15) is 0 Å². The third-order valence-electron chi connectivity index (χ3n) is 4.16. The number of benzene rings is 1. The second kappa shape index (κ2) is 9.05. The Morgan fingerprint density at radius 2 is 2.04 bits per heavy atom. The second-order valence-electron chi connectivity index (χ2n) is 5.91. The smallest absolute Gasteiger partial charge is 0.308 e. The van der Waals surface area contributed by atoms with Crippen LogP contribution in [0.2, 0.25) is 5.02 Å². The summed E-state index contributed by atoms with van der Waals surface area (Å²) < 4.78 is 0. The molecule has 1 saturated carbocycles. The molecule has 0 unspecified atom stereocenters. The maximum atomic E-state index is 12.2. The first-order valence-corrected chi connectivity index (χ1v) is 9.33. The Morgan fingerprint density at radius 1 is 1.32 bits per heavy atom. The highest BCUT2D eigenvalue weighted by atomic mass is 35.5. The largest absolute Gasteiger partial charge is 0.481 e. The van der Waals surface area contributed by atoms with Crippen molar-refractivity contribution in [3.05, 3.63) is 33.3 Å². The van der Waals surface area contributed by atoms with Crippen molar-refractivity contribution in [3.8, 4) is 0 Å². The average Bonchev–Trinajstić information content (AvgIpc) is 2.79. The SMILES string of the molecule is O=C(CSc1ccc(Cl)cc1[N+](=O)[O-])N[C@H]1CCCCC[C@H]1C(=O)O. The number of thioether (sulfide) groups is 1. The number of carbonyl (C=O) groups excluding carboxylic acids is 1. The number of hydrogen-bond donors (Lipinski definition) is 2. The molecule has 9 heteroatoms. The monoisotopic (exact) mass is 386 g/mol. The van der Waals surface area contributed by atoms with Gasteiger partial charge in [-0.15, -0.1) is 11.8 Å². The molecule has 1 fully saturated rings. The van der Waals surface area contributed by atoms with Crippen molar-refractivity contribution in [1.29, 1.82) is 0 Å². The zero-order chi connectivity index (χ0) is 18.4. The first kappa shape index (κ1) is 19.5. The molecular weight excluding hydrogens is 368 g/mol. The van der Waals surface area contributed by atoms with Gasteiger partial charge < -0.3 is 10.4 Å². The average molecular weight is 387 g/mol. The van der Waals surface area contributed by atoms with Crippen LogP contribution in [0, 0.1) is 16.0 Å². The Morgan fingerprint density at radius 3 is 2.72 bits per heavy atom. The van der Waals surface area contributed by atoms with Gasteiger partial charge in [-0.1, -0.05) is 30.9 Å². The molecule has 0 bridgehead atoms. The van der Waals surface area contributed by atoms with Crippen LogP contribution in [0.5, 0.6) is 0 Å². The van der Waals surface area contributed by atoms with Crippen LogP contribution in [0.25, 0.3) is 0 Å². The van der Waals surface area contributed by atoms with Crippen LogP contribution in [0.1, 0.15) is 32.1 Å². The van der Waals surface area contributed by atoms with E-state index in [1.54, 1.807) is 0 Å². The van der Waals surface area contributed by atoms with E-state index in [1.807, 2.05) is 0 Å². The summed E-state index contributed by atoms with van der Waals surface area (Å²) in [5.41, 5.74) is -0.150. The molecule has 0 aromatic heterocycles. The van der Waals surface area contributed by atoms with E-state index in [9.17, 15) is 24.8 Å². The summed E-state index contributed by atoms with van der Waals surface area (Å²) in [7, 11) is 0. The zero-order valence-corrected chi connectivity index (χ0v) is 15.0. The van der Waals surface area contributed by atoms with Crippen molar-refractivity contribution in [2.45, 2.75) is 43.0 Å². The van der Waals surface area contributed by atoms with Crippen molar-refractivity contribution in [1.82, 2.24) is 5.32 Å². The lowest BCUT2D eigenvalue weighted by Gasteiger charge is -2.22. The lowest BCUT2D eigenvalue weighted by atomic mass is 9.95. The van der Waals surface area contributed by atoms with Crippen LogP contribution < -0.4 is 5.32 Å². The van der Waals surface area contributed by atoms with Crippen molar-refractivity contribution in [3.63, 3.8) is 0 Å². The van der Waals surface area contributed by atoms with Crippen LogP contribution in [0.15, 0.2) is 23.1 Å². The van der Waals surface area contributed by atoms with E-state index in [0.29, 0.717) is 17.7 Å². The standard InChI is InChI=1S/C16H19ClN2O5S/c17-10-6-7-14(13(8-10)19(23)24)25-9-15(20)18-12-5-3-1-2-4-11(12)16(21)22/h6-8,11-12H,1-5,9H2,(H,18,20)(H,21,22)/t11-,12+/m1/s1. The molecule has 2 rings (SSSR count). The molecule has 0 spiro atoms. The molecule has 2 N–H and O–H groups in total. The minimum absolute atomic E-state index is 0.0225. The minimum atomic E-state index is -0.895. The molecule has 1 aromatic carbocycles. The number of amides is 1. The third kappa shape index (κ3) is 5.61. The van der Waals surface area contributed by atoms with Crippen LogP contribution in [0.3, 0.4) is 0 Å². The van der Waals surface area contributed by atoms with E-state index >= 15 is 0 Å². The number of nitrogens with one attached hydrogen (secondary N) is 1. The van der Waals surface area contributed by atoms with Gasteiger partial charge in [0.2, 0.25) is 5.91 Å². The number of nitro benzene ring substituents is 1. The lowest BCUT2D eigenvalue weighted by Crippen LogP contribution is -2.43. The number of carboxylic acid groups (broad SMARTS) is 1. The van der Waals surface area contributed by atoms with Crippen LogP contribution in [-0.2, 0) is 9.59 Å². The zero-order valence-electron chi connectivity index (χ0n) is 13.4. The number of carboxylic acids is 1. The van der Waals surface area contributed by atoms with Gasteiger partial charge in [-0.05, 0) is 25.0 Å². The maximum absolute atomic E-state index is 12.2. The predicted octanol–water partition coefficient (Wildman–Crippen LogP) is 3.49. The topological polar surface area (TPSA) is 110 Å². The van der Waals surface area contributed by atoms with E-state index < -0.39 is 22.9 Å². The molecular formula is C16H19ClN2O5S. The second-order valence-corrected chi connectivity index (χ2v) is 7.37. The Hall–Kier alpha value is -1.80. The van der Waals surface area contributed by atoms with E-state index in [2.05, 4.69) is 5.32 Å². The summed E-state index contributed by atoms with van der Waals surface area (Å²) in [5, 5.41) is 23.4. The summed E-state index contributed by atoms with van der Waals surface area (Å²) in [6.07, 6.45) is 3.87. The van der Waals surface area contributed by atoms with Gasteiger partial charge in [0.25, 0.3) is 5.69 Å². The van der Waals surface area contributed by atoms with Crippen molar-refractivity contribution in [2.24, 2.45) is 5.92 Å². The number of nitro groups is 1. The number of hydrogen-bond acceptors (Lipinski definition) is 5. The fourth-order valence-corrected chi connectivity index (χ4v) is 3.90. The Labute approximate surface area is 154 Å². The highest BCUT2D eigenvalue weighted by Gasteiger charge is 2.30. The number of nitrogens with zero attached hydrogens (tertiary/aromatic N) is 1. The van der Waals surface area contributed by atoms with Crippen LogP contribution in [0.4, 0.5) is 5.69 Å². The summed E-state index contributed by atoms with van der Waals surface area (Å²) >= 11 is 6.80. The van der Waals surface area contributed by atoms with Crippen LogP contribution in [-0.4, -0.2) is 33.7 Å². The summed E-state index contributed by atoms with van der Waals surface area (Å²) in [5.74, 6) is -1.83. The molecule has 136 valence electrons. The molecule has 1 aromatic rings. The first-order chi connectivity index (χ1) is 11.9. The number of carbonyl (C=O) groups is 2. The van der Waals surface area contributed by atoms with Gasteiger partial charge in [-0.25, -0.2) is 0 Å². The highest BCUT2D eigenvalue weighted by molar-refractivity contribution is 8.00. The van der Waals surface area contributed by atoms with Gasteiger partial charge >= 0.3 is 5.97 Å². The van der Waals surface area contributed by atoms with Gasteiger partial charge in [0.1, 0.15) is 0 Å². The molecule has 7 nitrogen and oxygen atoms in total. The van der Waals surface area contributed by atoms with Crippen molar-refractivity contribution >= 4 is 40.9 Å². The summed E-state index contributed by atoms with van der Waals surface area (Å²) in [6.45, 7) is 0. The Bertz CT molecular complexity index is 670. The molecule has 0 radical (unpaired) electrons. The van der Waals surface area contributed by atoms with Gasteiger partial charge in [-0.3, -0.25) is 19.7 Å². The summed E-state index contributed by atoms with van der Waals surface area (Å²) in [4.78, 5) is 34.4. The number of aliphatic carboxylic acids is 1. The molecule has 2 atom stereocenters. The Kier molecular flexibility index (Phi) is 7.07. The molecule has 1 amide bonds. The maximum Gasteiger partial charge on any atom is 0.308 e. The summed E-state index contributed by atoms with van der Waals surface area (Å²) in [6, 6.07) is 3.88. The fourth-order valence-electron chi connectivity index (χ4n) is 2.92. The van der Waals surface area contributed by atoms with Crippen molar-refractivity contribution in [2.75, 3.05) is 5.75 Å². The minimum Gasteiger partial charge on any atom is -0.481 e. The molecule has 0 saturated heterocycles. The first-order valence-electron chi connectivity index (χ1n) is 7.97. The highest BCUT2D eigenvalue weighted by Crippen LogP contribution is 2.31. The van der Waals surface area contributed by atoms with E-state index in [4.69, 9.17) is 11.6 Å². The third-order valence-corrected chi connectivity index (χ3v) is 5.45. The Balaban J connectivity index is 1.98. The molecule has 25 heavy (non-hydrogen) atoms. The van der Waals surface area contributed by atoms with Gasteiger partial charge in [0.15, 0.2) is 0 Å². The number of rotatable bonds is 6. The van der Waals surface area contributed by atoms with Crippen molar-refractivity contribution < 1.29 is 19.6 Å². The quantitative estimate of drug-likeness (QED) is 0.335. The van der Waals surface area contributed by atoms with E-state index in [1.165, 1.54) is 18.2 Å². The molecule has 0 heterocycles. The fraction of sp³-hybridized carbons (Fsp3) is 0.500. The lowest BCUT2D eigenvalue weighted by molar-refractivity contribution is -0.387. The van der Waals surface area contributed by atoms with E-state index in [-0.39, 0.29) is 22.4 Å².